The summed E-state index contributed by atoms with van der Waals surface area (Å²) in [4.78, 5) is 25.4. The van der Waals surface area contributed by atoms with Gasteiger partial charge in [-0.3, -0.25) is 4.79 Å². The van der Waals surface area contributed by atoms with Gasteiger partial charge in [-0.2, -0.15) is 0 Å². The summed E-state index contributed by atoms with van der Waals surface area (Å²) >= 11 is 0. The molecule has 0 saturated heterocycles. The largest absolute Gasteiger partial charge is 0.497 e. The standard InChI is InChI=1S/C17H20N4O4/c1-3-20(12-4-6-14(25-2)7-5-12)16(22)11-8-13(9-11)21-10-15(17(23)24)18-19-21/h4-7,10-11,13H,3,8-9H2,1-2H3,(H,23,24). The quantitative estimate of drug-likeness (QED) is 0.860. The highest BCUT2D eigenvalue weighted by molar-refractivity contribution is 5.95. The molecule has 3 rings (SSSR count). The van der Waals surface area contributed by atoms with Gasteiger partial charge in [0.05, 0.1) is 19.3 Å². The van der Waals surface area contributed by atoms with Crippen molar-refractivity contribution in [1.82, 2.24) is 15.0 Å². The lowest BCUT2D eigenvalue weighted by atomic mass is 9.79. The number of methoxy groups -OCH3 is 1. The van der Waals surface area contributed by atoms with Gasteiger partial charge in [-0.1, -0.05) is 5.21 Å². The third-order valence-corrected chi connectivity index (χ3v) is 4.53. The number of carboxylic acid groups (broad SMARTS) is 1. The summed E-state index contributed by atoms with van der Waals surface area (Å²) < 4.78 is 6.68. The minimum Gasteiger partial charge on any atom is -0.497 e. The molecule has 1 aliphatic rings. The van der Waals surface area contributed by atoms with Crippen molar-refractivity contribution in [1.29, 1.82) is 0 Å². The number of nitrogens with zero attached hydrogens (tertiary/aromatic N) is 4. The number of carbonyl (C=O) groups excluding carboxylic acids is 1. The molecule has 0 bridgehead atoms. The molecule has 1 aromatic carbocycles. The van der Waals surface area contributed by atoms with Crippen LogP contribution >= 0.6 is 0 Å². The third-order valence-electron chi connectivity index (χ3n) is 4.53. The first-order chi connectivity index (χ1) is 12.0. The van der Waals surface area contributed by atoms with Gasteiger partial charge < -0.3 is 14.7 Å². The molecule has 25 heavy (non-hydrogen) atoms. The third kappa shape index (κ3) is 3.33. The van der Waals surface area contributed by atoms with E-state index in [1.54, 1.807) is 12.0 Å². The summed E-state index contributed by atoms with van der Waals surface area (Å²) in [7, 11) is 1.60. The van der Waals surface area contributed by atoms with Gasteiger partial charge in [0.2, 0.25) is 5.91 Å². The van der Waals surface area contributed by atoms with Crippen LogP contribution in [0.1, 0.15) is 36.3 Å². The highest BCUT2D eigenvalue weighted by Crippen LogP contribution is 2.39. The van der Waals surface area contributed by atoms with Gasteiger partial charge in [0.1, 0.15) is 5.75 Å². The molecule has 0 atom stereocenters. The van der Waals surface area contributed by atoms with E-state index in [4.69, 9.17) is 9.84 Å². The maximum absolute atomic E-state index is 12.8. The number of benzene rings is 1. The number of amides is 1. The second-order valence-corrected chi connectivity index (χ2v) is 5.99. The number of carbonyl (C=O) groups is 2. The molecule has 1 aromatic heterocycles. The first kappa shape index (κ1) is 16.9. The van der Waals surface area contributed by atoms with Crippen molar-refractivity contribution in [3.8, 4) is 5.75 Å². The number of rotatable bonds is 6. The van der Waals surface area contributed by atoms with Crippen LogP contribution in [0, 0.1) is 5.92 Å². The Morgan fingerprint density at radius 1 is 1.32 bits per heavy atom. The lowest BCUT2D eigenvalue weighted by Gasteiger charge is -2.37. The van der Waals surface area contributed by atoms with Gasteiger partial charge in [0.25, 0.3) is 0 Å². The van der Waals surface area contributed by atoms with Gasteiger partial charge in [0.15, 0.2) is 5.69 Å². The zero-order valence-electron chi connectivity index (χ0n) is 14.1. The summed E-state index contributed by atoms with van der Waals surface area (Å²) in [6.07, 6.45) is 2.68. The Morgan fingerprint density at radius 3 is 2.52 bits per heavy atom. The average molecular weight is 344 g/mol. The van der Waals surface area contributed by atoms with E-state index in [0.717, 1.165) is 11.4 Å². The zero-order valence-corrected chi connectivity index (χ0v) is 14.1. The molecular weight excluding hydrogens is 324 g/mol. The van der Waals surface area contributed by atoms with E-state index in [1.165, 1.54) is 10.9 Å². The predicted molar refractivity (Wildman–Crippen MR) is 89.8 cm³/mol. The van der Waals surface area contributed by atoms with Crippen molar-refractivity contribution in [2.45, 2.75) is 25.8 Å². The number of hydrogen-bond acceptors (Lipinski definition) is 5. The average Bonchev–Trinajstić information content (AvgIpc) is 3.05. The van der Waals surface area contributed by atoms with Crippen molar-refractivity contribution >= 4 is 17.6 Å². The summed E-state index contributed by atoms with van der Waals surface area (Å²) in [5.41, 5.74) is 0.758. The Morgan fingerprint density at radius 2 is 2.00 bits per heavy atom. The van der Waals surface area contributed by atoms with Crippen molar-refractivity contribution in [3.63, 3.8) is 0 Å². The van der Waals surface area contributed by atoms with Crippen LogP contribution in [0.2, 0.25) is 0 Å². The van der Waals surface area contributed by atoms with E-state index in [9.17, 15) is 9.59 Å². The Hall–Kier alpha value is -2.90. The molecule has 1 aliphatic carbocycles. The normalized spacial score (nSPS) is 19.1. The van der Waals surface area contributed by atoms with Crippen LogP contribution in [-0.2, 0) is 4.79 Å². The monoisotopic (exact) mass is 344 g/mol. The first-order valence-corrected chi connectivity index (χ1v) is 8.14. The SMILES string of the molecule is CCN(C(=O)C1CC(n2cc(C(=O)O)nn2)C1)c1ccc(OC)cc1. The number of ether oxygens (including phenoxy) is 1. The van der Waals surface area contributed by atoms with Gasteiger partial charge in [-0.25, -0.2) is 9.48 Å². The van der Waals surface area contributed by atoms with E-state index >= 15 is 0 Å². The smallest absolute Gasteiger partial charge is 0.358 e. The second kappa shape index (κ2) is 6.92. The molecule has 0 unspecified atom stereocenters. The summed E-state index contributed by atoms with van der Waals surface area (Å²) in [6, 6.07) is 7.42. The lowest BCUT2D eigenvalue weighted by molar-refractivity contribution is -0.126. The number of hydrogen-bond donors (Lipinski definition) is 1. The van der Waals surface area contributed by atoms with E-state index in [-0.39, 0.29) is 23.6 Å². The van der Waals surface area contributed by atoms with Crippen LogP contribution in [0.4, 0.5) is 5.69 Å². The molecule has 0 aliphatic heterocycles. The highest BCUT2D eigenvalue weighted by atomic mass is 16.5. The van der Waals surface area contributed by atoms with Crippen LogP contribution < -0.4 is 9.64 Å². The van der Waals surface area contributed by atoms with Crippen molar-refractivity contribution in [2.75, 3.05) is 18.6 Å². The minimum absolute atomic E-state index is 0.0177. The van der Waals surface area contributed by atoms with Crippen LogP contribution in [-0.4, -0.2) is 45.6 Å². The van der Waals surface area contributed by atoms with Crippen molar-refractivity contribution in [3.05, 3.63) is 36.2 Å². The van der Waals surface area contributed by atoms with Crippen LogP contribution in [0.15, 0.2) is 30.5 Å². The molecule has 8 heteroatoms. The maximum atomic E-state index is 12.8. The highest BCUT2D eigenvalue weighted by Gasteiger charge is 2.38. The molecule has 1 amide bonds. The van der Waals surface area contributed by atoms with E-state index in [0.29, 0.717) is 19.4 Å². The summed E-state index contributed by atoms with van der Waals surface area (Å²) in [5.74, 6) is -0.377. The Balaban J connectivity index is 1.63. The Bertz CT molecular complexity index is 765. The van der Waals surface area contributed by atoms with Crippen molar-refractivity contribution in [2.24, 2.45) is 5.92 Å². The molecule has 0 spiro atoms. The lowest BCUT2D eigenvalue weighted by Crippen LogP contribution is -2.42. The number of aromatic carboxylic acids is 1. The molecule has 2 aromatic rings. The molecule has 1 heterocycles. The summed E-state index contributed by atoms with van der Waals surface area (Å²) in [6.45, 7) is 2.52. The molecular formula is C17H20N4O4. The van der Waals surface area contributed by atoms with Gasteiger partial charge in [0, 0.05) is 18.2 Å². The summed E-state index contributed by atoms with van der Waals surface area (Å²) in [5, 5.41) is 16.3. The number of anilines is 1. The fourth-order valence-electron chi connectivity index (χ4n) is 3.01. The fraction of sp³-hybridized carbons (Fsp3) is 0.412. The van der Waals surface area contributed by atoms with Crippen LogP contribution in [0.5, 0.6) is 5.75 Å². The van der Waals surface area contributed by atoms with Gasteiger partial charge in [-0.15, -0.1) is 5.10 Å². The maximum Gasteiger partial charge on any atom is 0.358 e. The second-order valence-electron chi connectivity index (χ2n) is 5.99. The van der Waals surface area contributed by atoms with E-state index in [2.05, 4.69) is 10.3 Å². The molecule has 132 valence electrons. The van der Waals surface area contributed by atoms with Gasteiger partial charge >= 0.3 is 5.97 Å². The number of aromatic nitrogens is 3. The molecule has 1 saturated carbocycles. The van der Waals surface area contributed by atoms with Crippen molar-refractivity contribution < 1.29 is 19.4 Å². The minimum atomic E-state index is -1.10. The van der Waals surface area contributed by atoms with E-state index < -0.39 is 5.97 Å². The first-order valence-electron chi connectivity index (χ1n) is 8.14. The topological polar surface area (TPSA) is 97.6 Å². The molecule has 1 fully saturated rings. The molecule has 0 radical (unpaired) electrons. The van der Waals surface area contributed by atoms with E-state index in [1.807, 2.05) is 31.2 Å². The Labute approximate surface area is 145 Å². The fourth-order valence-corrected chi connectivity index (χ4v) is 3.01. The van der Waals surface area contributed by atoms with Crippen LogP contribution in [0.3, 0.4) is 0 Å². The molecule has 1 N–H and O–H groups in total. The zero-order chi connectivity index (χ0) is 18.0. The number of carboxylic acids is 1. The molecule has 8 nitrogen and oxygen atoms in total. The Kier molecular flexibility index (Phi) is 4.69. The van der Waals surface area contributed by atoms with Crippen LogP contribution in [0.25, 0.3) is 0 Å². The van der Waals surface area contributed by atoms with Gasteiger partial charge in [-0.05, 0) is 44.0 Å². The predicted octanol–water partition coefficient (Wildman–Crippen LogP) is 1.99.